The highest BCUT2D eigenvalue weighted by atomic mass is 16.5. The Morgan fingerprint density at radius 2 is 2.00 bits per heavy atom. The number of methoxy groups -OCH3 is 1. The first-order valence-corrected chi connectivity index (χ1v) is 8.60. The summed E-state index contributed by atoms with van der Waals surface area (Å²) in [5.74, 6) is 2.37. The minimum atomic E-state index is -0.0315. The molecule has 0 amide bonds. The van der Waals surface area contributed by atoms with Crippen molar-refractivity contribution in [1.82, 2.24) is 10.6 Å². The van der Waals surface area contributed by atoms with E-state index < -0.39 is 0 Å². The van der Waals surface area contributed by atoms with Crippen LogP contribution in [0.15, 0.2) is 29.3 Å². The Morgan fingerprint density at radius 1 is 1.21 bits per heavy atom. The van der Waals surface area contributed by atoms with Gasteiger partial charge in [0, 0.05) is 32.4 Å². The molecule has 0 aliphatic heterocycles. The molecule has 6 heteroatoms. The molecule has 0 saturated carbocycles. The SMILES string of the molecule is CCNC(=NCC(C)Oc1cccc(OC)c1)NCCCOCC. The second-order valence-electron chi connectivity index (χ2n) is 5.30. The Morgan fingerprint density at radius 3 is 2.71 bits per heavy atom. The second kappa shape index (κ2) is 12.5. The summed E-state index contributed by atoms with van der Waals surface area (Å²) >= 11 is 0. The quantitative estimate of drug-likeness (QED) is 0.369. The normalized spacial score (nSPS) is 12.6. The van der Waals surface area contributed by atoms with Crippen LogP contribution >= 0.6 is 0 Å². The van der Waals surface area contributed by atoms with Crippen LogP contribution in [0.4, 0.5) is 0 Å². The number of nitrogens with one attached hydrogen (secondary N) is 2. The van der Waals surface area contributed by atoms with E-state index in [4.69, 9.17) is 14.2 Å². The van der Waals surface area contributed by atoms with Gasteiger partial charge in [0.05, 0.1) is 13.7 Å². The lowest BCUT2D eigenvalue weighted by Gasteiger charge is -2.15. The van der Waals surface area contributed by atoms with Gasteiger partial charge in [-0.15, -0.1) is 0 Å². The van der Waals surface area contributed by atoms with Gasteiger partial charge in [-0.1, -0.05) is 6.07 Å². The molecule has 1 atom stereocenters. The first-order valence-electron chi connectivity index (χ1n) is 8.60. The zero-order valence-electron chi connectivity index (χ0n) is 15.3. The fourth-order valence-electron chi connectivity index (χ4n) is 2.03. The number of ether oxygens (including phenoxy) is 3. The fourth-order valence-corrected chi connectivity index (χ4v) is 2.03. The summed E-state index contributed by atoms with van der Waals surface area (Å²) < 4.78 is 16.4. The Kier molecular flexibility index (Phi) is 10.4. The first-order chi connectivity index (χ1) is 11.7. The molecule has 0 aliphatic rings. The van der Waals surface area contributed by atoms with E-state index in [0.717, 1.165) is 50.2 Å². The van der Waals surface area contributed by atoms with Gasteiger partial charge in [-0.25, -0.2) is 4.99 Å². The van der Waals surface area contributed by atoms with Crippen molar-refractivity contribution in [2.75, 3.05) is 40.0 Å². The predicted octanol–water partition coefficient (Wildman–Crippen LogP) is 2.44. The van der Waals surface area contributed by atoms with Crippen molar-refractivity contribution in [3.8, 4) is 11.5 Å². The zero-order valence-corrected chi connectivity index (χ0v) is 15.3. The van der Waals surface area contributed by atoms with Crippen LogP contribution in [0.2, 0.25) is 0 Å². The van der Waals surface area contributed by atoms with Crippen LogP contribution in [0.5, 0.6) is 11.5 Å². The van der Waals surface area contributed by atoms with Gasteiger partial charge in [0.2, 0.25) is 0 Å². The Hall–Kier alpha value is -1.95. The monoisotopic (exact) mass is 337 g/mol. The summed E-state index contributed by atoms with van der Waals surface area (Å²) in [4.78, 5) is 4.57. The molecule has 0 heterocycles. The molecule has 136 valence electrons. The molecule has 24 heavy (non-hydrogen) atoms. The molecule has 1 aromatic carbocycles. The molecular weight excluding hydrogens is 306 g/mol. The number of benzene rings is 1. The lowest BCUT2D eigenvalue weighted by Crippen LogP contribution is -2.38. The third-order valence-corrected chi connectivity index (χ3v) is 3.19. The van der Waals surface area contributed by atoms with Crippen molar-refractivity contribution in [1.29, 1.82) is 0 Å². The number of rotatable bonds is 11. The molecule has 2 N–H and O–H groups in total. The molecule has 1 rings (SSSR count). The summed E-state index contributed by atoms with van der Waals surface area (Å²) in [6.07, 6.45) is 0.921. The van der Waals surface area contributed by atoms with Gasteiger partial charge in [0.25, 0.3) is 0 Å². The Balaban J connectivity index is 2.42. The molecule has 0 aliphatic carbocycles. The van der Waals surface area contributed by atoms with Gasteiger partial charge in [0.15, 0.2) is 5.96 Å². The van der Waals surface area contributed by atoms with E-state index in [9.17, 15) is 0 Å². The van der Waals surface area contributed by atoms with Gasteiger partial charge >= 0.3 is 0 Å². The van der Waals surface area contributed by atoms with Gasteiger partial charge in [-0.3, -0.25) is 0 Å². The maximum Gasteiger partial charge on any atom is 0.191 e. The highest BCUT2D eigenvalue weighted by Crippen LogP contribution is 2.19. The lowest BCUT2D eigenvalue weighted by molar-refractivity contribution is 0.145. The molecule has 0 fully saturated rings. The highest BCUT2D eigenvalue weighted by molar-refractivity contribution is 5.79. The number of nitrogens with zero attached hydrogens (tertiary/aromatic N) is 1. The third kappa shape index (κ3) is 8.62. The van der Waals surface area contributed by atoms with Crippen molar-refractivity contribution >= 4 is 5.96 Å². The standard InChI is InChI=1S/C18H31N3O3/c1-5-19-18(20-11-8-12-23-6-2)21-14-15(3)24-17-10-7-9-16(13-17)22-4/h7,9-10,13,15H,5-6,8,11-12,14H2,1-4H3,(H2,19,20,21). The molecule has 1 aromatic rings. The fraction of sp³-hybridized carbons (Fsp3) is 0.611. The average Bonchev–Trinajstić information content (AvgIpc) is 2.59. The van der Waals surface area contributed by atoms with Crippen LogP contribution in [-0.4, -0.2) is 52.0 Å². The Bertz CT molecular complexity index is 480. The second-order valence-corrected chi connectivity index (χ2v) is 5.30. The molecule has 0 saturated heterocycles. The van der Waals surface area contributed by atoms with Gasteiger partial charge < -0.3 is 24.8 Å². The van der Waals surface area contributed by atoms with Crippen molar-refractivity contribution < 1.29 is 14.2 Å². The minimum Gasteiger partial charge on any atom is -0.497 e. The van der Waals surface area contributed by atoms with E-state index in [1.807, 2.05) is 45.0 Å². The van der Waals surface area contributed by atoms with E-state index in [0.29, 0.717) is 6.54 Å². The van der Waals surface area contributed by atoms with E-state index >= 15 is 0 Å². The largest absolute Gasteiger partial charge is 0.497 e. The van der Waals surface area contributed by atoms with E-state index in [-0.39, 0.29) is 6.10 Å². The van der Waals surface area contributed by atoms with Crippen LogP contribution in [0.25, 0.3) is 0 Å². The number of aliphatic imine (C=N–C) groups is 1. The van der Waals surface area contributed by atoms with Gasteiger partial charge in [0.1, 0.15) is 17.6 Å². The highest BCUT2D eigenvalue weighted by Gasteiger charge is 2.05. The lowest BCUT2D eigenvalue weighted by atomic mass is 10.3. The summed E-state index contributed by atoms with van der Waals surface area (Å²) in [7, 11) is 1.65. The van der Waals surface area contributed by atoms with Gasteiger partial charge in [-0.05, 0) is 39.3 Å². The van der Waals surface area contributed by atoms with Crippen LogP contribution < -0.4 is 20.1 Å². The zero-order chi connectivity index (χ0) is 17.6. The first kappa shape index (κ1) is 20.1. The van der Waals surface area contributed by atoms with Crippen molar-refractivity contribution in [2.45, 2.75) is 33.3 Å². The summed E-state index contributed by atoms with van der Waals surface area (Å²) in [6.45, 7) is 9.79. The van der Waals surface area contributed by atoms with Crippen molar-refractivity contribution in [3.05, 3.63) is 24.3 Å². The number of guanidine groups is 1. The van der Waals surface area contributed by atoms with Crippen LogP contribution in [0.3, 0.4) is 0 Å². The Labute approximate surface area is 145 Å². The molecular formula is C18H31N3O3. The number of hydrogen-bond acceptors (Lipinski definition) is 4. The maximum absolute atomic E-state index is 5.88. The topological polar surface area (TPSA) is 64.1 Å². The molecule has 1 unspecified atom stereocenters. The van der Waals surface area contributed by atoms with Crippen molar-refractivity contribution in [3.63, 3.8) is 0 Å². The molecule has 0 radical (unpaired) electrons. The molecule has 0 aromatic heterocycles. The number of hydrogen-bond donors (Lipinski definition) is 2. The average molecular weight is 337 g/mol. The smallest absolute Gasteiger partial charge is 0.191 e. The summed E-state index contributed by atoms with van der Waals surface area (Å²) in [5, 5.41) is 6.53. The summed E-state index contributed by atoms with van der Waals surface area (Å²) in [5.41, 5.74) is 0. The van der Waals surface area contributed by atoms with Crippen LogP contribution in [-0.2, 0) is 4.74 Å². The van der Waals surface area contributed by atoms with Crippen molar-refractivity contribution in [2.24, 2.45) is 4.99 Å². The van der Waals surface area contributed by atoms with E-state index in [1.165, 1.54) is 0 Å². The predicted molar refractivity (Wildman–Crippen MR) is 98.2 cm³/mol. The van der Waals surface area contributed by atoms with Gasteiger partial charge in [-0.2, -0.15) is 0 Å². The maximum atomic E-state index is 5.88. The molecule has 6 nitrogen and oxygen atoms in total. The third-order valence-electron chi connectivity index (χ3n) is 3.19. The summed E-state index contributed by atoms with van der Waals surface area (Å²) in [6, 6.07) is 7.59. The van der Waals surface area contributed by atoms with E-state index in [1.54, 1.807) is 7.11 Å². The van der Waals surface area contributed by atoms with Crippen LogP contribution in [0, 0.1) is 0 Å². The molecule has 0 spiro atoms. The molecule has 0 bridgehead atoms. The van der Waals surface area contributed by atoms with Crippen LogP contribution in [0.1, 0.15) is 27.2 Å². The van der Waals surface area contributed by atoms with E-state index in [2.05, 4.69) is 15.6 Å². The minimum absolute atomic E-state index is 0.0315.